The van der Waals surface area contributed by atoms with Crippen molar-refractivity contribution in [2.75, 3.05) is 20.3 Å². The number of likely N-dealkylation sites (tertiary alicyclic amines) is 1. The Morgan fingerprint density at radius 2 is 1.89 bits per heavy atom. The molecule has 8 heteroatoms. The number of nitrogens with zero attached hydrogens (tertiary/aromatic N) is 1. The fourth-order valence-corrected chi connectivity index (χ4v) is 3.20. The summed E-state index contributed by atoms with van der Waals surface area (Å²) in [6, 6.07) is 6.95. The van der Waals surface area contributed by atoms with Gasteiger partial charge in [0.05, 0.1) is 25.7 Å². The maximum atomic E-state index is 12.6. The highest BCUT2D eigenvalue weighted by Crippen LogP contribution is 2.38. The topological polar surface area (TPSA) is 97.0 Å². The largest absolute Gasteiger partial charge is 0.497 e. The molecule has 0 radical (unpaired) electrons. The Bertz CT molecular complexity index is 662. The second kappa shape index (κ2) is 9.80. The van der Waals surface area contributed by atoms with E-state index in [1.165, 1.54) is 0 Å². The number of amides is 3. The molecule has 2 N–H and O–H groups in total. The zero-order chi connectivity index (χ0) is 19.8. The average Bonchev–Trinajstić information content (AvgIpc) is 3.01. The lowest BCUT2D eigenvalue weighted by molar-refractivity contribution is -0.129. The summed E-state index contributed by atoms with van der Waals surface area (Å²) in [5, 5.41) is 0. The van der Waals surface area contributed by atoms with E-state index in [2.05, 4.69) is 17.8 Å². The van der Waals surface area contributed by atoms with Crippen LogP contribution in [0.15, 0.2) is 24.3 Å². The number of methoxy groups -OCH3 is 1. The zero-order valence-corrected chi connectivity index (χ0v) is 16.0. The van der Waals surface area contributed by atoms with Crippen molar-refractivity contribution in [3.8, 4) is 5.75 Å². The van der Waals surface area contributed by atoms with E-state index in [0.717, 1.165) is 18.4 Å². The Kier molecular flexibility index (Phi) is 7.45. The molecule has 2 unspecified atom stereocenters. The highest BCUT2D eigenvalue weighted by Gasteiger charge is 2.44. The Hall–Kier alpha value is -2.77. The summed E-state index contributed by atoms with van der Waals surface area (Å²) in [6.45, 7) is 4.50. The predicted octanol–water partition coefficient (Wildman–Crippen LogP) is 2.16. The minimum absolute atomic E-state index is 0.0689. The third-order valence-electron chi connectivity index (χ3n) is 4.54. The van der Waals surface area contributed by atoms with Gasteiger partial charge in [-0.1, -0.05) is 25.5 Å². The van der Waals surface area contributed by atoms with Crippen LogP contribution in [-0.2, 0) is 14.3 Å². The van der Waals surface area contributed by atoms with E-state index in [-0.39, 0.29) is 25.0 Å². The molecule has 1 heterocycles. The summed E-state index contributed by atoms with van der Waals surface area (Å²) < 4.78 is 9.92. The van der Waals surface area contributed by atoms with Crippen LogP contribution in [-0.4, -0.2) is 43.1 Å². The molecule has 1 aromatic rings. The van der Waals surface area contributed by atoms with Crippen LogP contribution in [0.1, 0.15) is 44.7 Å². The van der Waals surface area contributed by atoms with Gasteiger partial charge in [0.15, 0.2) is 0 Å². The summed E-state index contributed by atoms with van der Waals surface area (Å²) >= 11 is 0. The van der Waals surface area contributed by atoms with Crippen molar-refractivity contribution < 1.29 is 23.9 Å². The van der Waals surface area contributed by atoms with Crippen LogP contribution >= 0.6 is 0 Å². The highest BCUT2D eigenvalue weighted by atomic mass is 16.6. The first kappa shape index (κ1) is 20.5. The molecule has 2 rings (SSSR count). The van der Waals surface area contributed by atoms with E-state index < -0.39 is 17.9 Å². The maximum absolute atomic E-state index is 12.6. The van der Waals surface area contributed by atoms with Crippen molar-refractivity contribution in [2.24, 2.45) is 5.92 Å². The van der Waals surface area contributed by atoms with Gasteiger partial charge in [0.25, 0.3) is 0 Å². The monoisotopic (exact) mass is 377 g/mol. The van der Waals surface area contributed by atoms with E-state index >= 15 is 0 Å². The summed E-state index contributed by atoms with van der Waals surface area (Å²) in [5.74, 6) is -0.394. The van der Waals surface area contributed by atoms with Crippen LogP contribution in [0.3, 0.4) is 0 Å². The normalized spacial score (nSPS) is 18.9. The van der Waals surface area contributed by atoms with Crippen LogP contribution in [0.2, 0.25) is 0 Å². The minimum Gasteiger partial charge on any atom is -0.497 e. The first-order valence-corrected chi connectivity index (χ1v) is 9.17. The lowest BCUT2D eigenvalue weighted by atomic mass is 9.93. The molecule has 27 heavy (non-hydrogen) atoms. The van der Waals surface area contributed by atoms with Crippen LogP contribution in [0.25, 0.3) is 0 Å². The number of ether oxygens (including phenoxy) is 2. The third kappa shape index (κ3) is 5.12. The fraction of sp³-hybridized carbons (Fsp3) is 0.526. The molecule has 148 valence electrons. The Morgan fingerprint density at radius 3 is 2.48 bits per heavy atom. The van der Waals surface area contributed by atoms with Crippen molar-refractivity contribution in [2.45, 2.75) is 39.2 Å². The maximum Gasteiger partial charge on any atom is 0.426 e. The number of unbranched alkanes of at least 4 members (excludes halogenated alkanes) is 1. The number of benzene rings is 1. The van der Waals surface area contributed by atoms with Gasteiger partial charge in [-0.05, 0) is 31.0 Å². The number of hydrazine groups is 1. The van der Waals surface area contributed by atoms with Gasteiger partial charge in [-0.3, -0.25) is 15.0 Å². The Morgan fingerprint density at radius 1 is 1.19 bits per heavy atom. The Labute approximate surface area is 159 Å². The fourth-order valence-electron chi connectivity index (χ4n) is 3.20. The first-order valence-electron chi connectivity index (χ1n) is 9.17. The third-order valence-corrected chi connectivity index (χ3v) is 4.54. The van der Waals surface area contributed by atoms with Gasteiger partial charge >= 0.3 is 6.09 Å². The molecular formula is C19H27N3O5. The summed E-state index contributed by atoms with van der Waals surface area (Å²) in [7, 11) is 1.58. The molecule has 0 bridgehead atoms. The van der Waals surface area contributed by atoms with Crippen LogP contribution in [0.4, 0.5) is 4.79 Å². The second-order valence-corrected chi connectivity index (χ2v) is 6.30. The molecular weight excluding hydrogens is 350 g/mol. The lowest BCUT2D eigenvalue weighted by Crippen LogP contribution is -2.46. The number of carbonyl (C=O) groups excluding carboxylic acids is 3. The SMILES string of the molecule is CCCCN1C(=O)CC(C(=O)NNC(=O)OCC)C1c1ccc(OC)cc1. The molecule has 1 saturated heterocycles. The minimum atomic E-state index is -0.737. The standard InChI is InChI=1S/C19H27N3O5/c1-4-6-11-22-16(23)12-15(18(24)20-21-19(25)27-5-2)17(22)13-7-9-14(26-3)10-8-13/h7-10,15,17H,4-6,11-12H2,1-3H3,(H,20,24)(H,21,25). The summed E-state index contributed by atoms with van der Waals surface area (Å²) in [5.41, 5.74) is 5.43. The average molecular weight is 377 g/mol. The van der Waals surface area contributed by atoms with Crippen LogP contribution in [0.5, 0.6) is 5.75 Å². The van der Waals surface area contributed by atoms with E-state index in [9.17, 15) is 14.4 Å². The molecule has 0 saturated carbocycles. The molecule has 1 aliphatic heterocycles. The number of hydrogen-bond acceptors (Lipinski definition) is 5. The number of hydrogen-bond donors (Lipinski definition) is 2. The van der Waals surface area contributed by atoms with Gasteiger partial charge in [0.2, 0.25) is 11.8 Å². The summed E-state index contributed by atoms with van der Waals surface area (Å²) in [6.07, 6.45) is 1.16. The molecule has 0 aromatic heterocycles. The van der Waals surface area contributed by atoms with Crippen molar-refractivity contribution >= 4 is 17.9 Å². The van der Waals surface area contributed by atoms with Gasteiger partial charge < -0.3 is 14.4 Å². The van der Waals surface area contributed by atoms with Crippen molar-refractivity contribution in [3.63, 3.8) is 0 Å². The van der Waals surface area contributed by atoms with Gasteiger partial charge in [0, 0.05) is 13.0 Å². The lowest BCUT2D eigenvalue weighted by Gasteiger charge is -2.28. The predicted molar refractivity (Wildman–Crippen MR) is 98.8 cm³/mol. The number of carbonyl (C=O) groups is 3. The molecule has 0 spiro atoms. The van der Waals surface area contributed by atoms with Gasteiger partial charge in [-0.25, -0.2) is 10.2 Å². The molecule has 1 aliphatic rings. The second-order valence-electron chi connectivity index (χ2n) is 6.30. The van der Waals surface area contributed by atoms with Crippen molar-refractivity contribution in [3.05, 3.63) is 29.8 Å². The van der Waals surface area contributed by atoms with Gasteiger partial charge in [-0.2, -0.15) is 0 Å². The number of nitrogens with one attached hydrogen (secondary N) is 2. The molecule has 1 aromatic carbocycles. The van der Waals surface area contributed by atoms with Crippen LogP contribution < -0.4 is 15.6 Å². The molecule has 3 amide bonds. The van der Waals surface area contributed by atoms with E-state index in [1.54, 1.807) is 18.9 Å². The number of rotatable bonds is 7. The smallest absolute Gasteiger partial charge is 0.426 e. The van der Waals surface area contributed by atoms with Crippen molar-refractivity contribution in [1.29, 1.82) is 0 Å². The molecule has 0 aliphatic carbocycles. The Balaban J connectivity index is 2.20. The quantitative estimate of drug-likeness (QED) is 0.710. The van der Waals surface area contributed by atoms with E-state index in [0.29, 0.717) is 12.3 Å². The molecule has 1 fully saturated rings. The highest BCUT2D eigenvalue weighted by molar-refractivity contribution is 5.91. The molecule has 8 nitrogen and oxygen atoms in total. The van der Waals surface area contributed by atoms with E-state index in [4.69, 9.17) is 9.47 Å². The zero-order valence-electron chi connectivity index (χ0n) is 16.0. The van der Waals surface area contributed by atoms with Gasteiger partial charge in [-0.15, -0.1) is 0 Å². The van der Waals surface area contributed by atoms with Crippen LogP contribution in [0, 0.1) is 5.92 Å². The van der Waals surface area contributed by atoms with Gasteiger partial charge in [0.1, 0.15) is 5.75 Å². The van der Waals surface area contributed by atoms with E-state index in [1.807, 2.05) is 24.3 Å². The molecule has 2 atom stereocenters. The first-order chi connectivity index (χ1) is 13.0. The summed E-state index contributed by atoms with van der Waals surface area (Å²) in [4.78, 5) is 38.4. The van der Waals surface area contributed by atoms with Crippen molar-refractivity contribution in [1.82, 2.24) is 15.8 Å².